The minimum Gasteiger partial charge on any atom is -0.343 e. The van der Waals surface area contributed by atoms with Crippen LogP contribution in [0.2, 0.25) is 0 Å². The maximum atomic E-state index is 5.42. The van der Waals surface area contributed by atoms with Crippen molar-refractivity contribution < 1.29 is 5.32 Å². The fourth-order valence-electron chi connectivity index (χ4n) is 1.49. The lowest BCUT2D eigenvalue weighted by molar-refractivity contribution is -0.671. The molecule has 2 nitrogen and oxygen atoms in total. The average molecular weight is 193 g/mol. The van der Waals surface area contributed by atoms with Crippen LogP contribution in [-0.4, -0.2) is 13.1 Å². The van der Waals surface area contributed by atoms with Crippen molar-refractivity contribution in [2.45, 2.75) is 25.8 Å². The van der Waals surface area contributed by atoms with Gasteiger partial charge in [0, 0.05) is 5.56 Å². The fraction of sp³-hybridized carbons (Fsp3) is 0.500. The molecule has 0 atom stereocenters. The molecule has 4 N–H and O–H groups in total. The third-order valence-electron chi connectivity index (χ3n) is 2.34. The van der Waals surface area contributed by atoms with Gasteiger partial charge in [-0.3, -0.25) is 0 Å². The highest BCUT2D eigenvalue weighted by atomic mass is 14.8. The second kappa shape index (κ2) is 7.54. The highest BCUT2D eigenvalue weighted by Gasteiger charge is 1.93. The van der Waals surface area contributed by atoms with Gasteiger partial charge in [-0.25, -0.2) is 0 Å². The van der Waals surface area contributed by atoms with E-state index in [2.05, 4.69) is 35.6 Å². The van der Waals surface area contributed by atoms with Crippen LogP contribution in [0, 0.1) is 0 Å². The summed E-state index contributed by atoms with van der Waals surface area (Å²) in [5.41, 5.74) is 6.83. The maximum Gasteiger partial charge on any atom is 0.101 e. The van der Waals surface area contributed by atoms with E-state index in [9.17, 15) is 0 Å². The van der Waals surface area contributed by atoms with Crippen molar-refractivity contribution in [3.05, 3.63) is 35.9 Å². The topological polar surface area (TPSA) is 42.6 Å². The molecule has 0 unspecified atom stereocenters. The molecule has 0 heterocycles. The summed E-state index contributed by atoms with van der Waals surface area (Å²) in [4.78, 5) is 0. The van der Waals surface area contributed by atoms with Crippen molar-refractivity contribution in [1.29, 1.82) is 0 Å². The Labute approximate surface area is 86.5 Å². The Morgan fingerprint density at radius 1 is 1.00 bits per heavy atom. The molecule has 0 aliphatic rings. The Morgan fingerprint density at radius 2 is 1.79 bits per heavy atom. The first-order chi connectivity index (χ1) is 6.93. The Hall–Kier alpha value is -0.860. The second-order valence-electron chi connectivity index (χ2n) is 3.62. The number of unbranched alkanes of at least 4 members (excludes halogenated alkanes) is 2. The van der Waals surface area contributed by atoms with E-state index in [4.69, 9.17) is 5.73 Å². The first-order valence-electron chi connectivity index (χ1n) is 5.49. The van der Waals surface area contributed by atoms with Gasteiger partial charge < -0.3 is 11.1 Å². The molecule has 2 heteroatoms. The van der Waals surface area contributed by atoms with E-state index in [1.54, 1.807) is 0 Å². The first kappa shape index (κ1) is 11.2. The molecule has 0 aromatic heterocycles. The molecule has 1 rings (SSSR count). The number of benzene rings is 1. The normalized spacial score (nSPS) is 10.4. The number of rotatable bonds is 7. The Kier molecular flexibility index (Phi) is 6.04. The van der Waals surface area contributed by atoms with Crippen molar-refractivity contribution in [3.8, 4) is 0 Å². The summed E-state index contributed by atoms with van der Waals surface area (Å²) >= 11 is 0. The molecule has 0 fully saturated rings. The van der Waals surface area contributed by atoms with Crippen LogP contribution in [0.1, 0.15) is 24.8 Å². The Morgan fingerprint density at radius 3 is 2.50 bits per heavy atom. The van der Waals surface area contributed by atoms with Gasteiger partial charge in [-0.1, -0.05) is 30.3 Å². The molecule has 0 spiro atoms. The van der Waals surface area contributed by atoms with Gasteiger partial charge in [0.05, 0.1) is 6.54 Å². The molecule has 0 bridgehead atoms. The van der Waals surface area contributed by atoms with E-state index in [1.807, 2.05) is 0 Å². The predicted octanol–water partition coefficient (Wildman–Crippen LogP) is 0.879. The third-order valence-corrected chi connectivity index (χ3v) is 2.34. The lowest BCUT2D eigenvalue weighted by Gasteiger charge is -2.01. The van der Waals surface area contributed by atoms with Crippen molar-refractivity contribution in [2.75, 3.05) is 13.1 Å². The number of nitrogens with two attached hydrogens (primary N) is 2. The molecule has 1 aromatic rings. The zero-order valence-corrected chi connectivity index (χ0v) is 8.78. The van der Waals surface area contributed by atoms with Crippen LogP contribution >= 0.6 is 0 Å². The maximum absolute atomic E-state index is 5.42. The van der Waals surface area contributed by atoms with Crippen LogP contribution in [0.25, 0.3) is 0 Å². The summed E-state index contributed by atoms with van der Waals surface area (Å²) in [5, 5.41) is 2.37. The van der Waals surface area contributed by atoms with Gasteiger partial charge in [-0.15, -0.1) is 0 Å². The summed E-state index contributed by atoms with van der Waals surface area (Å²) in [6, 6.07) is 10.6. The standard InChI is InChI=1S/C12H20N2/c13-9-5-2-6-10-14-11-12-7-3-1-4-8-12/h1,3-4,7-8,14H,2,5-6,9-11,13H2/p+1. The summed E-state index contributed by atoms with van der Waals surface area (Å²) in [7, 11) is 0. The lowest BCUT2D eigenvalue weighted by Crippen LogP contribution is -2.82. The first-order valence-corrected chi connectivity index (χ1v) is 5.49. The van der Waals surface area contributed by atoms with E-state index in [0.29, 0.717) is 0 Å². The van der Waals surface area contributed by atoms with Gasteiger partial charge in [0.1, 0.15) is 6.54 Å². The average Bonchev–Trinajstić information content (AvgIpc) is 2.25. The monoisotopic (exact) mass is 193 g/mol. The highest BCUT2D eigenvalue weighted by molar-refractivity contribution is 5.12. The van der Waals surface area contributed by atoms with Gasteiger partial charge in [0.2, 0.25) is 0 Å². The molecule has 0 saturated heterocycles. The van der Waals surface area contributed by atoms with E-state index < -0.39 is 0 Å². The molecular weight excluding hydrogens is 172 g/mol. The molecule has 0 saturated carbocycles. The van der Waals surface area contributed by atoms with Gasteiger partial charge in [0.15, 0.2) is 0 Å². The molecule has 78 valence electrons. The minimum absolute atomic E-state index is 0.832. The van der Waals surface area contributed by atoms with Crippen molar-refractivity contribution >= 4 is 0 Å². The SMILES string of the molecule is NCCCCC[NH2+]Cc1ccccc1. The highest BCUT2D eigenvalue weighted by Crippen LogP contribution is 1.94. The molecule has 14 heavy (non-hydrogen) atoms. The van der Waals surface area contributed by atoms with Gasteiger partial charge in [-0.2, -0.15) is 0 Å². The summed E-state index contributed by atoms with van der Waals surface area (Å²) in [6.45, 7) is 3.15. The van der Waals surface area contributed by atoms with Gasteiger partial charge in [-0.05, 0) is 25.8 Å². The van der Waals surface area contributed by atoms with Gasteiger partial charge >= 0.3 is 0 Å². The molecule has 1 aromatic carbocycles. The zero-order chi connectivity index (χ0) is 10.1. The lowest BCUT2D eigenvalue weighted by atomic mass is 10.2. The molecule has 0 amide bonds. The zero-order valence-electron chi connectivity index (χ0n) is 8.78. The van der Waals surface area contributed by atoms with Crippen LogP contribution in [0.15, 0.2) is 30.3 Å². The van der Waals surface area contributed by atoms with E-state index in [0.717, 1.165) is 13.1 Å². The molecule has 0 aliphatic carbocycles. The smallest absolute Gasteiger partial charge is 0.101 e. The largest absolute Gasteiger partial charge is 0.343 e. The number of hydrogen-bond acceptors (Lipinski definition) is 1. The van der Waals surface area contributed by atoms with Crippen LogP contribution in [-0.2, 0) is 6.54 Å². The van der Waals surface area contributed by atoms with Crippen LogP contribution in [0.4, 0.5) is 0 Å². The molecular formula is C12H21N2+. The van der Waals surface area contributed by atoms with Crippen molar-refractivity contribution in [2.24, 2.45) is 5.73 Å². The Balaban J connectivity index is 1.99. The van der Waals surface area contributed by atoms with Gasteiger partial charge in [0.25, 0.3) is 0 Å². The predicted molar refractivity (Wildman–Crippen MR) is 59.8 cm³/mol. The van der Waals surface area contributed by atoms with Crippen molar-refractivity contribution in [3.63, 3.8) is 0 Å². The van der Waals surface area contributed by atoms with Crippen LogP contribution in [0.3, 0.4) is 0 Å². The van der Waals surface area contributed by atoms with Crippen LogP contribution < -0.4 is 11.1 Å². The quantitative estimate of drug-likeness (QED) is 0.620. The van der Waals surface area contributed by atoms with E-state index >= 15 is 0 Å². The third kappa shape index (κ3) is 5.00. The molecule has 0 aliphatic heterocycles. The van der Waals surface area contributed by atoms with Crippen LogP contribution in [0.5, 0.6) is 0 Å². The number of hydrogen-bond donors (Lipinski definition) is 2. The Bertz CT molecular complexity index is 221. The fourth-order valence-corrected chi connectivity index (χ4v) is 1.49. The van der Waals surface area contributed by atoms with Crippen molar-refractivity contribution in [1.82, 2.24) is 0 Å². The van der Waals surface area contributed by atoms with E-state index in [-0.39, 0.29) is 0 Å². The van der Waals surface area contributed by atoms with E-state index in [1.165, 1.54) is 31.4 Å². The summed E-state index contributed by atoms with van der Waals surface area (Å²) in [6.07, 6.45) is 3.71. The molecule has 0 radical (unpaired) electrons. The summed E-state index contributed by atoms with van der Waals surface area (Å²) in [5.74, 6) is 0. The summed E-state index contributed by atoms with van der Waals surface area (Å²) < 4.78 is 0. The number of quaternary nitrogens is 1. The second-order valence-corrected chi connectivity index (χ2v) is 3.62. The minimum atomic E-state index is 0.832.